The highest BCUT2D eigenvalue weighted by Gasteiger charge is 2.27. The average Bonchev–Trinajstić information content (AvgIpc) is 2.32. The van der Waals surface area contributed by atoms with Crippen LogP contribution in [-0.4, -0.2) is 33.5 Å². The van der Waals surface area contributed by atoms with Crippen LogP contribution in [0.4, 0.5) is 17.3 Å². The van der Waals surface area contributed by atoms with Crippen molar-refractivity contribution in [3.63, 3.8) is 0 Å². The van der Waals surface area contributed by atoms with Gasteiger partial charge in [0, 0.05) is 29.7 Å². The second kappa shape index (κ2) is 5.01. The molecule has 98 valence electrons. The summed E-state index contributed by atoms with van der Waals surface area (Å²) in [5, 5.41) is 11.2. The highest BCUT2D eigenvalue weighted by Crippen LogP contribution is 2.30. The Hall–Kier alpha value is -1.50. The number of nitrogen functional groups attached to an aromatic ring is 1. The molecule has 1 fully saturated rings. The number of nitrogens with zero attached hydrogens (tertiary/aromatic N) is 3. The van der Waals surface area contributed by atoms with Crippen molar-refractivity contribution < 1.29 is 4.92 Å². The molecule has 2 atom stereocenters. The van der Waals surface area contributed by atoms with Crippen molar-refractivity contribution in [2.75, 3.05) is 22.9 Å². The Morgan fingerprint density at radius 1 is 1.56 bits per heavy atom. The summed E-state index contributed by atoms with van der Waals surface area (Å²) in [7, 11) is 0. The lowest BCUT2D eigenvalue weighted by Gasteiger charge is -2.38. The maximum atomic E-state index is 10.7. The molecule has 0 spiro atoms. The van der Waals surface area contributed by atoms with Crippen LogP contribution < -0.4 is 10.6 Å². The van der Waals surface area contributed by atoms with Crippen LogP contribution in [0.5, 0.6) is 0 Å². The third-order valence-electron chi connectivity index (χ3n) is 3.26. The second-order valence-electron chi connectivity index (χ2n) is 4.34. The number of aromatic nitrogens is 1. The summed E-state index contributed by atoms with van der Waals surface area (Å²) in [4.78, 5) is 16.5. The molecule has 1 aliphatic rings. The molecular weight excluding hydrogens is 252 g/mol. The van der Waals surface area contributed by atoms with Gasteiger partial charge < -0.3 is 10.6 Å². The molecule has 1 aromatic heterocycles. The summed E-state index contributed by atoms with van der Waals surface area (Å²) >= 11 is 1.93. The van der Waals surface area contributed by atoms with Crippen molar-refractivity contribution >= 4 is 29.1 Å². The van der Waals surface area contributed by atoms with Crippen molar-refractivity contribution in [3.8, 4) is 0 Å². The predicted molar refractivity (Wildman–Crippen MR) is 74.0 cm³/mol. The predicted octanol–water partition coefficient (Wildman–Crippen LogP) is 1.90. The van der Waals surface area contributed by atoms with Gasteiger partial charge in [-0.15, -0.1) is 0 Å². The number of nitro groups is 1. The molecule has 2 N–H and O–H groups in total. The third kappa shape index (κ3) is 2.35. The molecule has 7 heteroatoms. The maximum Gasteiger partial charge on any atom is 0.311 e. The van der Waals surface area contributed by atoms with Gasteiger partial charge in [0.25, 0.3) is 0 Å². The Bertz CT molecular complexity index is 468. The molecule has 1 aliphatic heterocycles. The molecule has 2 heterocycles. The molecule has 0 bridgehead atoms. The molecule has 18 heavy (non-hydrogen) atoms. The van der Waals surface area contributed by atoms with Crippen LogP contribution in [0.25, 0.3) is 0 Å². The summed E-state index contributed by atoms with van der Waals surface area (Å²) in [5.74, 6) is 1.73. The molecule has 0 aromatic carbocycles. The van der Waals surface area contributed by atoms with Crippen LogP contribution in [0, 0.1) is 10.1 Å². The smallest absolute Gasteiger partial charge is 0.311 e. The fraction of sp³-hybridized carbons (Fsp3) is 0.545. The number of nitrogens with two attached hydrogens (primary N) is 1. The van der Waals surface area contributed by atoms with E-state index in [-0.39, 0.29) is 11.5 Å². The number of pyridine rings is 1. The van der Waals surface area contributed by atoms with E-state index in [1.807, 2.05) is 11.8 Å². The number of hydrogen-bond acceptors (Lipinski definition) is 6. The standard InChI is InChI=1S/C11H16N4O2S/c1-7-8(2)18-6-5-14(7)10-4-3-9(15(16)17)11(12)13-10/h3-4,7-8H,5-6H2,1-2H3,(H2,12,13). The Morgan fingerprint density at radius 3 is 2.89 bits per heavy atom. The first kappa shape index (κ1) is 12.9. The van der Waals surface area contributed by atoms with E-state index in [1.165, 1.54) is 6.07 Å². The Kier molecular flexibility index (Phi) is 3.60. The van der Waals surface area contributed by atoms with Crippen molar-refractivity contribution in [2.45, 2.75) is 25.1 Å². The van der Waals surface area contributed by atoms with Crippen LogP contribution in [-0.2, 0) is 0 Å². The van der Waals surface area contributed by atoms with Gasteiger partial charge in [0.15, 0.2) is 0 Å². The van der Waals surface area contributed by atoms with E-state index in [1.54, 1.807) is 6.07 Å². The van der Waals surface area contributed by atoms with Gasteiger partial charge >= 0.3 is 5.69 Å². The lowest BCUT2D eigenvalue weighted by atomic mass is 10.2. The van der Waals surface area contributed by atoms with E-state index in [9.17, 15) is 10.1 Å². The van der Waals surface area contributed by atoms with Crippen LogP contribution in [0.2, 0.25) is 0 Å². The van der Waals surface area contributed by atoms with Gasteiger partial charge in [-0.3, -0.25) is 10.1 Å². The van der Waals surface area contributed by atoms with E-state index < -0.39 is 4.92 Å². The minimum Gasteiger partial charge on any atom is -0.378 e. The molecule has 1 saturated heterocycles. The van der Waals surface area contributed by atoms with Gasteiger partial charge in [0.05, 0.1) is 4.92 Å². The molecule has 2 unspecified atom stereocenters. The first-order valence-corrected chi connectivity index (χ1v) is 6.84. The first-order chi connectivity index (χ1) is 8.50. The number of thioether (sulfide) groups is 1. The summed E-state index contributed by atoms with van der Waals surface area (Å²) in [5.41, 5.74) is 5.49. The number of hydrogen-bond donors (Lipinski definition) is 1. The van der Waals surface area contributed by atoms with Crippen molar-refractivity contribution in [3.05, 3.63) is 22.2 Å². The molecular formula is C11H16N4O2S. The largest absolute Gasteiger partial charge is 0.378 e. The zero-order valence-corrected chi connectivity index (χ0v) is 11.2. The van der Waals surface area contributed by atoms with Crippen molar-refractivity contribution in [1.29, 1.82) is 0 Å². The molecule has 0 saturated carbocycles. The average molecular weight is 268 g/mol. The molecule has 0 amide bonds. The SMILES string of the molecule is CC1SCCN(c2ccc([N+](=O)[O-])c(N)n2)C1C. The minimum absolute atomic E-state index is 0.0180. The van der Waals surface area contributed by atoms with E-state index in [0.29, 0.717) is 11.3 Å². The van der Waals surface area contributed by atoms with Gasteiger partial charge in [-0.25, -0.2) is 4.98 Å². The summed E-state index contributed by atoms with van der Waals surface area (Å²) < 4.78 is 0. The van der Waals surface area contributed by atoms with Gasteiger partial charge in [-0.1, -0.05) is 6.92 Å². The summed E-state index contributed by atoms with van der Waals surface area (Å²) in [6, 6.07) is 3.45. The maximum absolute atomic E-state index is 10.7. The molecule has 2 rings (SSSR count). The fourth-order valence-electron chi connectivity index (χ4n) is 2.03. The topological polar surface area (TPSA) is 85.3 Å². The van der Waals surface area contributed by atoms with Crippen LogP contribution in [0.1, 0.15) is 13.8 Å². The Balaban J connectivity index is 2.28. The molecule has 0 radical (unpaired) electrons. The summed E-state index contributed by atoms with van der Waals surface area (Å²) in [6.07, 6.45) is 0. The third-order valence-corrected chi connectivity index (χ3v) is 4.60. The summed E-state index contributed by atoms with van der Waals surface area (Å²) in [6.45, 7) is 5.20. The highest BCUT2D eigenvalue weighted by molar-refractivity contribution is 8.00. The normalized spacial score (nSPS) is 24.0. The van der Waals surface area contributed by atoms with Gasteiger partial charge in [0.1, 0.15) is 5.82 Å². The van der Waals surface area contributed by atoms with Crippen LogP contribution in [0.3, 0.4) is 0 Å². The Morgan fingerprint density at radius 2 is 2.28 bits per heavy atom. The molecule has 0 aliphatic carbocycles. The number of rotatable bonds is 2. The monoisotopic (exact) mass is 268 g/mol. The van der Waals surface area contributed by atoms with E-state index in [4.69, 9.17) is 5.73 Å². The van der Waals surface area contributed by atoms with Gasteiger partial charge in [-0.05, 0) is 13.0 Å². The molecule has 6 nitrogen and oxygen atoms in total. The zero-order valence-electron chi connectivity index (χ0n) is 10.4. The first-order valence-electron chi connectivity index (χ1n) is 5.80. The zero-order chi connectivity index (χ0) is 13.3. The lowest BCUT2D eigenvalue weighted by Crippen LogP contribution is -2.45. The minimum atomic E-state index is -0.510. The fourth-order valence-corrected chi connectivity index (χ4v) is 3.13. The van der Waals surface area contributed by atoms with E-state index in [0.717, 1.165) is 18.1 Å². The Labute approximate surface area is 110 Å². The lowest BCUT2D eigenvalue weighted by molar-refractivity contribution is -0.384. The van der Waals surface area contributed by atoms with Crippen molar-refractivity contribution in [2.24, 2.45) is 0 Å². The van der Waals surface area contributed by atoms with Crippen LogP contribution >= 0.6 is 11.8 Å². The van der Waals surface area contributed by atoms with Gasteiger partial charge in [-0.2, -0.15) is 11.8 Å². The number of anilines is 2. The van der Waals surface area contributed by atoms with E-state index >= 15 is 0 Å². The van der Waals surface area contributed by atoms with Crippen LogP contribution in [0.15, 0.2) is 12.1 Å². The van der Waals surface area contributed by atoms with Crippen molar-refractivity contribution in [1.82, 2.24) is 4.98 Å². The molecule has 1 aromatic rings. The van der Waals surface area contributed by atoms with E-state index in [2.05, 4.69) is 23.7 Å². The van der Waals surface area contributed by atoms with Gasteiger partial charge in [0.2, 0.25) is 5.82 Å². The second-order valence-corrected chi connectivity index (χ2v) is 5.83. The highest BCUT2D eigenvalue weighted by atomic mass is 32.2. The quantitative estimate of drug-likeness (QED) is 0.651.